The van der Waals surface area contributed by atoms with Gasteiger partial charge in [0.05, 0.1) is 24.9 Å². The summed E-state index contributed by atoms with van der Waals surface area (Å²) in [5, 5.41) is 12.1. The molecule has 0 bridgehead atoms. The molecule has 9 heteroatoms. The van der Waals surface area contributed by atoms with Gasteiger partial charge < -0.3 is 15.0 Å². The Morgan fingerprint density at radius 2 is 1.78 bits per heavy atom. The number of anilines is 1. The molecule has 0 unspecified atom stereocenters. The standard InChI is InChI=1S/C23H23N7OS/c1-15-12-19(16(2)30(15)28-13-25-26-14-28)22-21(20-6-4-5-11-24-20)27-23(32)29(22)17-7-9-18(31-3)10-8-17/h4-14,21-22H,1-3H3,(H,27,32)/t21-,22-/m0/s1. The van der Waals surface area contributed by atoms with Gasteiger partial charge in [0.25, 0.3) is 0 Å². The van der Waals surface area contributed by atoms with E-state index >= 15 is 0 Å². The molecule has 1 aliphatic rings. The minimum absolute atomic E-state index is 0.0952. The first-order valence-electron chi connectivity index (χ1n) is 10.3. The van der Waals surface area contributed by atoms with E-state index in [1.165, 1.54) is 0 Å². The molecule has 1 N–H and O–H groups in total. The average Bonchev–Trinajstić information content (AvgIpc) is 3.52. The second kappa shape index (κ2) is 8.08. The van der Waals surface area contributed by atoms with Gasteiger partial charge >= 0.3 is 0 Å². The molecule has 1 aromatic carbocycles. The minimum Gasteiger partial charge on any atom is -0.497 e. The Morgan fingerprint density at radius 3 is 2.44 bits per heavy atom. The van der Waals surface area contributed by atoms with E-state index in [1.807, 2.05) is 53.3 Å². The minimum atomic E-state index is -0.110. The Labute approximate surface area is 191 Å². The van der Waals surface area contributed by atoms with Crippen LogP contribution in [0.25, 0.3) is 0 Å². The number of methoxy groups -OCH3 is 1. The van der Waals surface area contributed by atoms with Gasteiger partial charge in [-0.25, -0.2) is 4.68 Å². The monoisotopic (exact) mass is 445 g/mol. The molecular weight excluding hydrogens is 422 g/mol. The molecule has 4 aromatic rings. The Kier molecular flexibility index (Phi) is 5.10. The van der Waals surface area contributed by atoms with Gasteiger partial charge in [-0.15, -0.1) is 10.2 Å². The fraction of sp³-hybridized carbons (Fsp3) is 0.217. The van der Waals surface area contributed by atoms with E-state index in [0.717, 1.165) is 34.1 Å². The summed E-state index contributed by atoms with van der Waals surface area (Å²) in [7, 11) is 1.66. The van der Waals surface area contributed by atoms with E-state index in [2.05, 4.69) is 50.0 Å². The average molecular weight is 446 g/mol. The molecule has 3 aromatic heterocycles. The third-order valence-electron chi connectivity index (χ3n) is 5.84. The summed E-state index contributed by atoms with van der Waals surface area (Å²) < 4.78 is 9.32. The van der Waals surface area contributed by atoms with Crippen molar-refractivity contribution in [2.75, 3.05) is 12.0 Å². The third-order valence-corrected chi connectivity index (χ3v) is 6.15. The first-order chi connectivity index (χ1) is 15.6. The second-order valence-electron chi connectivity index (χ2n) is 7.67. The molecule has 0 radical (unpaired) electrons. The summed E-state index contributed by atoms with van der Waals surface area (Å²) in [6.45, 7) is 4.18. The molecular formula is C23H23N7OS. The Hall–Kier alpha value is -3.72. The van der Waals surface area contributed by atoms with E-state index in [4.69, 9.17) is 17.0 Å². The third kappa shape index (κ3) is 3.31. The Morgan fingerprint density at radius 1 is 1.03 bits per heavy atom. The number of nitrogens with one attached hydrogen (secondary N) is 1. The number of pyridine rings is 1. The molecule has 0 saturated carbocycles. The van der Waals surface area contributed by atoms with Crippen LogP contribution in [0.4, 0.5) is 5.69 Å². The molecule has 0 amide bonds. The van der Waals surface area contributed by atoms with Crippen LogP contribution in [-0.2, 0) is 0 Å². The van der Waals surface area contributed by atoms with Crippen molar-refractivity contribution < 1.29 is 4.74 Å². The lowest BCUT2D eigenvalue weighted by Gasteiger charge is -2.28. The fourth-order valence-electron chi connectivity index (χ4n) is 4.42. The van der Waals surface area contributed by atoms with Gasteiger partial charge in [-0.2, -0.15) is 0 Å². The molecule has 1 saturated heterocycles. The maximum atomic E-state index is 5.82. The summed E-state index contributed by atoms with van der Waals surface area (Å²) in [4.78, 5) is 6.79. The molecule has 8 nitrogen and oxygen atoms in total. The lowest BCUT2D eigenvalue weighted by molar-refractivity contribution is 0.415. The van der Waals surface area contributed by atoms with Crippen LogP contribution < -0.4 is 15.0 Å². The van der Waals surface area contributed by atoms with Crippen molar-refractivity contribution in [3.05, 3.63) is 90.0 Å². The fourth-order valence-corrected chi connectivity index (χ4v) is 4.77. The number of aromatic nitrogens is 5. The van der Waals surface area contributed by atoms with Gasteiger partial charge in [0.2, 0.25) is 0 Å². The van der Waals surface area contributed by atoms with E-state index in [-0.39, 0.29) is 12.1 Å². The summed E-state index contributed by atoms with van der Waals surface area (Å²) in [6.07, 6.45) is 5.20. The van der Waals surface area contributed by atoms with Crippen LogP contribution >= 0.6 is 12.2 Å². The van der Waals surface area contributed by atoms with Gasteiger partial charge in [-0.05, 0) is 68.5 Å². The summed E-state index contributed by atoms with van der Waals surface area (Å²) in [6, 6.07) is 15.9. The van der Waals surface area contributed by atoms with Crippen molar-refractivity contribution in [2.24, 2.45) is 0 Å². The number of hydrogen-bond donors (Lipinski definition) is 1. The lowest BCUT2D eigenvalue weighted by atomic mass is 9.96. The van der Waals surface area contributed by atoms with Crippen LogP contribution in [0.1, 0.15) is 34.7 Å². The summed E-state index contributed by atoms with van der Waals surface area (Å²) >= 11 is 5.82. The quantitative estimate of drug-likeness (QED) is 0.471. The molecule has 162 valence electrons. The molecule has 2 atom stereocenters. The molecule has 5 rings (SSSR count). The van der Waals surface area contributed by atoms with Crippen LogP contribution in [-0.4, -0.2) is 36.8 Å². The van der Waals surface area contributed by atoms with Crippen molar-refractivity contribution in [2.45, 2.75) is 25.9 Å². The van der Waals surface area contributed by atoms with Crippen molar-refractivity contribution >= 4 is 23.0 Å². The van der Waals surface area contributed by atoms with E-state index in [9.17, 15) is 0 Å². The highest BCUT2D eigenvalue weighted by atomic mass is 32.1. The maximum absolute atomic E-state index is 5.82. The van der Waals surface area contributed by atoms with Gasteiger partial charge in [0.1, 0.15) is 18.4 Å². The zero-order chi connectivity index (χ0) is 22.2. The Bertz CT molecular complexity index is 1240. The predicted molar refractivity (Wildman–Crippen MR) is 126 cm³/mol. The summed E-state index contributed by atoms with van der Waals surface area (Å²) in [5.74, 6) is 0.801. The van der Waals surface area contributed by atoms with Gasteiger partial charge in [-0.1, -0.05) is 6.07 Å². The highest BCUT2D eigenvalue weighted by molar-refractivity contribution is 7.80. The van der Waals surface area contributed by atoms with E-state index in [1.54, 1.807) is 19.8 Å². The maximum Gasteiger partial charge on any atom is 0.174 e. The van der Waals surface area contributed by atoms with Crippen LogP contribution in [0.3, 0.4) is 0 Å². The van der Waals surface area contributed by atoms with Crippen molar-refractivity contribution in [1.82, 2.24) is 29.9 Å². The summed E-state index contributed by atoms with van der Waals surface area (Å²) in [5.41, 5.74) is 5.23. The smallest absolute Gasteiger partial charge is 0.174 e. The van der Waals surface area contributed by atoms with E-state index < -0.39 is 0 Å². The first kappa shape index (κ1) is 20.2. The zero-order valence-corrected chi connectivity index (χ0v) is 18.8. The first-order valence-corrected chi connectivity index (χ1v) is 10.7. The van der Waals surface area contributed by atoms with Gasteiger partial charge in [0, 0.05) is 28.8 Å². The number of thiocarbonyl (C=S) groups is 1. The number of aryl methyl sites for hydroxylation is 1. The highest BCUT2D eigenvalue weighted by Gasteiger charge is 2.42. The number of ether oxygens (including phenoxy) is 1. The molecule has 1 aliphatic heterocycles. The van der Waals surface area contributed by atoms with Gasteiger partial charge in [0.15, 0.2) is 5.11 Å². The highest BCUT2D eigenvalue weighted by Crippen LogP contribution is 2.43. The largest absolute Gasteiger partial charge is 0.497 e. The van der Waals surface area contributed by atoms with Crippen LogP contribution in [0, 0.1) is 13.8 Å². The second-order valence-corrected chi connectivity index (χ2v) is 8.06. The van der Waals surface area contributed by atoms with Crippen LogP contribution in [0.2, 0.25) is 0 Å². The van der Waals surface area contributed by atoms with Crippen LogP contribution in [0.15, 0.2) is 67.4 Å². The molecule has 0 aliphatic carbocycles. The molecule has 32 heavy (non-hydrogen) atoms. The molecule has 4 heterocycles. The number of nitrogens with zero attached hydrogens (tertiary/aromatic N) is 6. The molecule has 0 spiro atoms. The van der Waals surface area contributed by atoms with Crippen LogP contribution in [0.5, 0.6) is 5.75 Å². The predicted octanol–water partition coefficient (Wildman–Crippen LogP) is 3.59. The Balaban J connectivity index is 1.66. The zero-order valence-electron chi connectivity index (χ0n) is 18.0. The molecule has 1 fully saturated rings. The topological polar surface area (TPSA) is 73.0 Å². The van der Waals surface area contributed by atoms with Crippen molar-refractivity contribution in [1.29, 1.82) is 0 Å². The van der Waals surface area contributed by atoms with Gasteiger partial charge in [-0.3, -0.25) is 9.66 Å². The van der Waals surface area contributed by atoms with Crippen molar-refractivity contribution in [3.63, 3.8) is 0 Å². The normalized spacial score (nSPS) is 18.1. The van der Waals surface area contributed by atoms with E-state index in [0.29, 0.717) is 5.11 Å². The number of rotatable bonds is 5. The lowest BCUT2D eigenvalue weighted by Crippen LogP contribution is -2.29. The van der Waals surface area contributed by atoms with Crippen molar-refractivity contribution in [3.8, 4) is 5.75 Å². The SMILES string of the molecule is COc1ccc(N2C(=S)N[C@@H](c3ccccn3)[C@@H]2c2cc(C)n(-n3cnnc3)c2C)cc1. The number of benzene rings is 1. The number of hydrogen-bond acceptors (Lipinski definition) is 5.